The fourth-order valence-corrected chi connectivity index (χ4v) is 2.45. The molecule has 0 spiro atoms. The third-order valence-electron chi connectivity index (χ3n) is 3.70. The van der Waals surface area contributed by atoms with Gasteiger partial charge in [-0.05, 0) is 36.7 Å². The summed E-state index contributed by atoms with van der Waals surface area (Å²) in [6.45, 7) is 2.84. The molecule has 0 aliphatic carbocycles. The topological polar surface area (TPSA) is 21.3 Å². The molecule has 0 bridgehead atoms. The fourth-order valence-electron chi connectivity index (χ4n) is 2.45. The zero-order chi connectivity index (χ0) is 14.9. The van der Waals surface area contributed by atoms with E-state index in [1.54, 1.807) is 0 Å². The van der Waals surface area contributed by atoms with Crippen molar-refractivity contribution in [2.45, 2.75) is 38.8 Å². The second-order valence-electron chi connectivity index (χ2n) is 5.33. The predicted octanol–water partition coefficient (Wildman–Crippen LogP) is 4.72. The van der Waals surface area contributed by atoms with E-state index >= 15 is 0 Å². The summed E-state index contributed by atoms with van der Waals surface area (Å²) >= 11 is 0. The first-order valence-corrected chi connectivity index (χ1v) is 7.77. The molecule has 0 fully saturated rings. The van der Waals surface area contributed by atoms with Crippen LogP contribution in [0.1, 0.15) is 43.4 Å². The normalized spacial score (nSPS) is 12.1. The van der Waals surface area contributed by atoms with E-state index in [0.717, 1.165) is 12.2 Å². The van der Waals surface area contributed by atoms with Gasteiger partial charge in [0, 0.05) is 6.04 Å². The third-order valence-corrected chi connectivity index (χ3v) is 3.70. The van der Waals surface area contributed by atoms with Crippen LogP contribution in [0.15, 0.2) is 54.6 Å². The van der Waals surface area contributed by atoms with Crippen LogP contribution in [0.5, 0.6) is 5.75 Å². The van der Waals surface area contributed by atoms with Gasteiger partial charge in [0.25, 0.3) is 0 Å². The maximum Gasteiger partial charge on any atom is 0.120 e. The summed E-state index contributed by atoms with van der Waals surface area (Å²) in [5.74, 6) is 0.938. The molecule has 0 aliphatic heterocycles. The van der Waals surface area contributed by atoms with E-state index in [-0.39, 0.29) is 0 Å². The van der Waals surface area contributed by atoms with Crippen LogP contribution in [0.4, 0.5) is 0 Å². The second kappa shape index (κ2) is 8.48. The van der Waals surface area contributed by atoms with Crippen LogP contribution in [-0.2, 0) is 6.61 Å². The molecule has 2 nitrogen and oxygen atoms in total. The van der Waals surface area contributed by atoms with Crippen molar-refractivity contribution in [3.8, 4) is 5.75 Å². The van der Waals surface area contributed by atoms with Crippen molar-refractivity contribution >= 4 is 0 Å². The molecule has 21 heavy (non-hydrogen) atoms. The minimum absolute atomic E-state index is 0.408. The highest BCUT2D eigenvalue weighted by Gasteiger charge is 2.09. The van der Waals surface area contributed by atoms with Gasteiger partial charge in [-0.2, -0.15) is 0 Å². The number of rotatable bonds is 8. The maximum absolute atomic E-state index is 5.90. The standard InChI is InChI=1S/C19H25NO/c1-3-4-13-19(20-2)17-11-8-12-18(14-17)21-15-16-9-6-5-7-10-16/h5-12,14,19-20H,3-4,13,15H2,1-2H3. The molecule has 2 aromatic carbocycles. The summed E-state index contributed by atoms with van der Waals surface area (Å²) in [5, 5.41) is 3.40. The predicted molar refractivity (Wildman–Crippen MR) is 88.5 cm³/mol. The minimum Gasteiger partial charge on any atom is -0.489 e. The van der Waals surface area contributed by atoms with Crippen LogP contribution in [0.2, 0.25) is 0 Å². The van der Waals surface area contributed by atoms with Gasteiger partial charge in [0.05, 0.1) is 0 Å². The largest absolute Gasteiger partial charge is 0.489 e. The Morgan fingerprint density at radius 2 is 1.86 bits per heavy atom. The average molecular weight is 283 g/mol. The van der Waals surface area contributed by atoms with Crippen molar-refractivity contribution in [3.63, 3.8) is 0 Å². The molecular formula is C19H25NO. The van der Waals surface area contributed by atoms with E-state index in [0.29, 0.717) is 12.6 Å². The number of unbranched alkanes of at least 4 members (excludes halogenated alkanes) is 1. The molecule has 0 aromatic heterocycles. The van der Waals surface area contributed by atoms with Crippen molar-refractivity contribution in [3.05, 3.63) is 65.7 Å². The van der Waals surface area contributed by atoms with E-state index in [1.165, 1.54) is 24.0 Å². The third kappa shape index (κ3) is 4.91. The summed E-state index contributed by atoms with van der Waals surface area (Å²) in [6, 6.07) is 19.1. The summed E-state index contributed by atoms with van der Waals surface area (Å²) in [7, 11) is 2.03. The first-order valence-electron chi connectivity index (χ1n) is 7.77. The van der Waals surface area contributed by atoms with Crippen LogP contribution >= 0.6 is 0 Å². The van der Waals surface area contributed by atoms with E-state index in [9.17, 15) is 0 Å². The summed E-state index contributed by atoms with van der Waals surface area (Å²) in [6.07, 6.45) is 3.62. The Hall–Kier alpha value is -1.80. The number of hydrogen-bond donors (Lipinski definition) is 1. The van der Waals surface area contributed by atoms with Gasteiger partial charge in [-0.15, -0.1) is 0 Å². The van der Waals surface area contributed by atoms with Gasteiger partial charge in [-0.3, -0.25) is 0 Å². The van der Waals surface area contributed by atoms with Gasteiger partial charge in [-0.1, -0.05) is 62.2 Å². The molecule has 0 saturated carbocycles. The van der Waals surface area contributed by atoms with Crippen molar-refractivity contribution < 1.29 is 4.74 Å². The van der Waals surface area contributed by atoms with Crippen molar-refractivity contribution in [1.29, 1.82) is 0 Å². The van der Waals surface area contributed by atoms with Crippen molar-refractivity contribution in [1.82, 2.24) is 5.32 Å². The lowest BCUT2D eigenvalue weighted by Gasteiger charge is -2.17. The smallest absolute Gasteiger partial charge is 0.120 e. The zero-order valence-electron chi connectivity index (χ0n) is 13.0. The SMILES string of the molecule is CCCCC(NC)c1cccc(OCc2ccccc2)c1. The Labute approximate surface area is 128 Å². The van der Waals surface area contributed by atoms with Crippen molar-refractivity contribution in [2.75, 3.05) is 7.05 Å². The lowest BCUT2D eigenvalue weighted by Crippen LogP contribution is -2.16. The lowest BCUT2D eigenvalue weighted by molar-refractivity contribution is 0.305. The fraction of sp³-hybridized carbons (Fsp3) is 0.368. The van der Waals surface area contributed by atoms with E-state index in [1.807, 2.05) is 31.3 Å². The minimum atomic E-state index is 0.408. The van der Waals surface area contributed by atoms with Crippen LogP contribution < -0.4 is 10.1 Å². The Balaban J connectivity index is 1.99. The first-order chi connectivity index (χ1) is 10.3. The molecule has 1 atom stereocenters. The molecule has 0 radical (unpaired) electrons. The average Bonchev–Trinajstić information content (AvgIpc) is 2.55. The molecular weight excluding hydrogens is 258 g/mol. The molecule has 2 rings (SSSR count). The number of nitrogens with one attached hydrogen (secondary N) is 1. The lowest BCUT2D eigenvalue weighted by atomic mass is 10.0. The molecule has 1 N–H and O–H groups in total. The van der Waals surface area contributed by atoms with Gasteiger partial charge in [0.15, 0.2) is 0 Å². The van der Waals surface area contributed by atoms with E-state index < -0.39 is 0 Å². The first kappa shape index (κ1) is 15.6. The molecule has 0 saturated heterocycles. The maximum atomic E-state index is 5.90. The van der Waals surface area contributed by atoms with Crippen LogP contribution in [-0.4, -0.2) is 7.05 Å². The molecule has 1 unspecified atom stereocenters. The van der Waals surface area contributed by atoms with Crippen molar-refractivity contribution in [2.24, 2.45) is 0 Å². The zero-order valence-corrected chi connectivity index (χ0v) is 13.0. The summed E-state index contributed by atoms with van der Waals surface area (Å²) in [5.41, 5.74) is 2.50. The highest BCUT2D eigenvalue weighted by atomic mass is 16.5. The summed E-state index contributed by atoms with van der Waals surface area (Å²) in [4.78, 5) is 0. The van der Waals surface area contributed by atoms with Crippen LogP contribution in [0.25, 0.3) is 0 Å². The molecule has 0 aliphatic rings. The highest BCUT2D eigenvalue weighted by molar-refractivity contribution is 5.31. The molecule has 2 heteroatoms. The molecule has 0 heterocycles. The quantitative estimate of drug-likeness (QED) is 0.757. The molecule has 0 amide bonds. The Bertz CT molecular complexity index is 524. The highest BCUT2D eigenvalue weighted by Crippen LogP contribution is 2.23. The van der Waals surface area contributed by atoms with Gasteiger partial charge in [0.1, 0.15) is 12.4 Å². The second-order valence-corrected chi connectivity index (χ2v) is 5.33. The van der Waals surface area contributed by atoms with E-state index in [4.69, 9.17) is 4.74 Å². The molecule has 112 valence electrons. The Kier molecular flexibility index (Phi) is 6.29. The Morgan fingerprint density at radius 3 is 2.57 bits per heavy atom. The monoisotopic (exact) mass is 283 g/mol. The van der Waals surface area contributed by atoms with Gasteiger partial charge >= 0.3 is 0 Å². The Morgan fingerprint density at radius 1 is 1.05 bits per heavy atom. The van der Waals surface area contributed by atoms with Gasteiger partial charge in [0.2, 0.25) is 0 Å². The van der Waals surface area contributed by atoms with Crippen LogP contribution in [0, 0.1) is 0 Å². The number of ether oxygens (including phenoxy) is 1. The van der Waals surface area contributed by atoms with E-state index in [2.05, 4.69) is 42.6 Å². The summed E-state index contributed by atoms with van der Waals surface area (Å²) < 4.78 is 5.90. The van der Waals surface area contributed by atoms with Crippen LogP contribution in [0.3, 0.4) is 0 Å². The van der Waals surface area contributed by atoms with Gasteiger partial charge in [-0.25, -0.2) is 0 Å². The van der Waals surface area contributed by atoms with Gasteiger partial charge < -0.3 is 10.1 Å². The number of benzene rings is 2. The number of hydrogen-bond acceptors (Lipinski definition) is 2. The molecule has 2 aromatic rings.